The molecule has 2 heteroatoms. The molecule has 1 aliphatic heterocycles. The summed E-state index contributed by atoms with van der Waals surface area (Å²) in [6.45, 7) is 6.01. The fourth-order valence-corrected chi connectivity index (χ4v) is 3.93. The molecule has 1 saturated heterocycles. The number of rotatable bonds is 2. The summed E-state index contributed by atoms with van der Waals surface area (Å²) in [5.41, 5.74) is 1.33. The van der Waals surface area contributed by atoms with Crippen LogP contribution in [0, 0.1) is 0 Å². The SMILES string of the molecule is C=C(C)CC1CCSS1. The van der Waals surface area contributed by atoms with Crippen LogP contribution in [-0.2, 0) is 0 Å². The van der Waals surface area contributed by atoms with E-state index < -0.39 is 0 Å². The van der Waals surface area contributed by atoms with Gasteiger partial charge in [-0.3, -0.25) is 0 Å². The van der Waals surface area contributed by atoms with Crippen LogP contribution in [-0.4, -0.2) is 11.0 Å². The third-order valence-electron chi connectivity index (χ3n) is 1.30. The zero-order valence-electron chi connectivity index (χ0n) is 5.72. The van der Waals surface area contributed by atoms with Crippen molar-refractivity contribution in [1.82, 2.24) is 0 Å². The maximum Gasteiger partial charge on any atom is 0.0196 e. The lowest BCUT2D eigenvalue weighted by atomic mass is 10.1. The fraction of sp³-hybridized carbons (Fsp3) is 0.714. The molecule has 1 atom stereocenters. The summed E-state index contributed by atoms with van der Waals surface area (Å²) in [7, 11) is 4.03. The molecule has 0 amide bonds. The Morgan fingerprint density at radius 2 is 2.56 bits per heavy atom. The van der Waals surface area contributed by atoms with Gasteiger partial charge in [-0.25, -0.2) is 0 Å². The Hall–Kier alpha value is 0.440. The van der Waals surface area contributed by atoms with Crippen LogP contribution in [0.15, 0.2) is 12.2 Å². The first-order chi connectivity index (χ1) is 4.29. The summed E-state index contributed by atoms with van der Waals surface area (Å²) in [5.74, 6) is 1.34. The Bertz CT molecular complexity index is 103. The van der Waals surface area contributed by atoms with E-state index in [0.29, 0.717) is 0 Å². The van der Waals surface area contributed by atoms with Gasteiger partial charge >= 0.3 is 0 Å². The second-order valence-corrected chi connectivity index (χ2v) is 5.28. The molecule has 0 radical (unpaired) electrons. The molecular weight excluding hydrogens is 148 g/mol. The number of hydrogen-bond donors (Lipinski definition) is 0. The van der Waals surface area contributed by atoms with Gasteiger partial charge in [0, 0.05) is 11.0 Å². The zero-order valence-corrected chi connectivity index (χ0v) is 7.36. The largest absolute Gasteiger partial charge is 0.100 e. The molecule has 9 heavy (non-hydrogen) atoms. The highest BCUT2D eigenvalue weighted by Crippen LogP contribution is 2.40. The first-order valence-corrected chi connectivity index (χ1v) is 5.60. The highest BCUT2D eigenvalue weighted by molar-refractivity contribution is 8.77. The normalized spacial score (nSPS) is 26.6. The van der Waals surface area contributed by atoms with Gasteiger partial charge in [-0.15, -0.1) is 6.58 Å². The van der Waals surface area contributed by atoms with Gasteiger partial charge in [0.25, 0.3) is 0 Å². The first kappa shape index (κ1) is 7.55. The third-order valence-corrected chi connectivity index (χ3v) is 4.24. The highest BCUT2D eigenvalue weighted by Gasteiger charge is 2.15. The van der Waals surface area contributed by atoms with Crippen molar-refractivity contribution in [3.63, 3.8) is 0 Å². The molecule has 1 aliphatic rings. The van der Waals surface area contributed by atoms with Crippen molar-refractivity contribution < 1.29 is 0 Å². The molecule has 0 saturated carbocycles. The summed E-state index contributed by atoms with van der Waals surface area (Å²) in [4.78, 5) is 0. The van der Waals surface area contributed by atoms with E-state index in [2.05, 4.69) is 13.5 Å². The molecule has 0 aromatic heterocycles. The van der Waals surface area contributed by atoms with Crippen LogP contribution in [0.1, 0.15) is 19.8 Å². The average Bonchev–Trinajstić information content (AvgIpc) is 2.15. The smallest absolute Gasteiger partial charge is 0.0196 e. The van der Waals surface area contributed by atoms with E-state index >= 15 is 0 Å². The van der Waals surface area contributed by atoms with Gasteiger partial charge in [0.1, 0.15) is 0 Å². The fourth-order valence-electron chi connectivity index (χ4n) is 0.897. The molecule has 0 nitrogen and oxygen atoms in total. The molecule has 0 N–H and O–H groups in total. The summed E-state index contributed by atoms with van der Waals surface area (Å²) in [6.07, 6.45) is 2.60. The molecule has 0 aromatic carbocycles. The van der Waals surface area contributed by atoms with Crippen LogP contribution >= 0.6 is 21.6 Å². The molecule has 0 aliphatic carbocycles. The molecule has 0 aromatic rings. The lowest BCUT2D eigenvalue weighted by Crippen LogP contribution is -1.96. The lowest BCUT2D eigenvalue weighted by molar-refractivity contribution is 0.830. The Kier molecular flexibility index (Phi) is 2.99. The van der Waals surface area contributed by atoms with E-state index in [9.17, 15) is 0 Å². The second-order valence-electron chi connectivity index (χ2n) is 2.49. The van der Waals surface area contributed by atoms with Crippen molar-refractivity contribution in [1.29, 1.82) is 0 Å². The molecule has 1 rings (SSSR count). The number of hydrogen-bond acceptors (Lipinski definition) is 2. The summed E-state index contributed by atoms with van der Waals surface area (Å²) >= 11 is 0. The van der Waals surface area contributed by atoms with Gasteiger partial charge in [-0.05, 0) is 19.8 Å². The van der Waals surface area contributed by atoms with Crippen LogP contribution in [0.4, 0.5) is 0 Å². The van der Waals surface area contributed by atoms with E-state index in [1.165, 1.54) is 24.2 Å². The van der Waals surface area contributed by atoms with Crippen molar-refractivity contribution in [2.45, 2.75) is 25.0 Å². The van der Waals surface area contributed by atoms with E-state index in [4.69, 9.17) is 0 Å². The van der Waals surface area contributed by atoms with E-state index in [1.807, 2.05) is 21.6 Å². The quantitative estimate of drug-likeness (QED) is 0.450. The standard InChI is InChI=1S/C7H12S2/c1-6(2)5-7-3-4-8-9-7/h7H,1,3-5H2,2H3. The van der Waals surface area contributed by atoms with Crippen LogP contribution in [0.5, 0.6) is 0 Å². The maximum atomic E-state index is 3.90. The van der Waals surface area contributed by atoms with Crippen LogP contribution in [0.3, 0.4) is 0 Å². The van der Waals surface area contributed by atoms with Crippen molar-refractivity contribution in [2.75, 3.05) is 5.75 Å². The Labute approximate surface area is 64.9 Å². The van der Waals surface area contributed by atoms with Gasteiger partial charge < -0.3 is 0 Å². The summed E-state index contributed by atoms with van der Waals surface area (Å²) in [5, 5.41) is 0.868. The first-order valence-electron chi connectivity index (χ1n) is 3.21. The van der Waals surface area contributed by atoms with Gasteiger partial charge in [-0.1, -0.05) is 27.2 Å². The minimum absolute atomic E-state index is 0.868. The second kappa shape index (κ2) is 3.57. The molecule has 1 fully saturated rings. The molecule has 0 spiro atoms. The summed E-state index contributed by atoms with van der Waals surface area (Å²) < 4.78 is 0. The predicted molar refractivity (Wildman–Crippen MR) is 47.9 cm³/mol. The Morgan fingerprint density at radius 3 is 3.00 bits per heavy atom. The molecular formula is C7H12S2. The number of allylic oxidation sites excluding steroid dienone is 1. The maximum absolute atomic E-state index is 3.90. The van der Waals surface area contributed by atoms with Crippen molar-refractivity contribution in [3.8, 4) is 0 Å². The summed E-state index contributed by atoms with van der Waals surface area (Å²) in [6, 6.07) is 0. The van der Waals surface area contributed by atoms with Crippen molar-refractivity contribution in [3.05, 3.63) is 12.2 Å². The third kappa shape index (κ3) is 2.67. The molecule has 1 unspecified atom stereocenters. The van der Waals surface area contributed by atoms with Crippen LogP contribution < -0.4 is 0 Å². The van der Waals surface area contributed by atoms with Crippen LogP contribution in [0.2, 0.25) is 0 Å². The van der Waals surface area contributed by atoms with Crippen molar-refractivity contribution >= 4 is 21.6 Å². The zero-order chi connectivity index (χ0) is 6.69. The predicted octanol–water partition coefficient (Wildman–Crippen LogP) is 3.11. The minimum Gasteiger partial charge on any atom is -0.100 e. The topological polar surface area (TPSA) is 0 Å². The van der Waals surface area contributed by atoms with E-state index in [1.54, 1.807) is 0 Å². The van der Waals surface area contributed by atoms with E-state index in [0.717, 1.165) is 5.25 Å². The van der Waals surface area contributed by atoms with Crippen LogP contribution in [0.25, 0.3) is 0 Å². The molecule has 52 valence electrons. The molecule has 1 heterocycles. The highest BCUT2D eigenvalue weighted by atomic mass is 33.1. The molecule has 0 bridgehead atoms. The monoisotopic (exact) mass is 160 g/mol. The average molecular weight is 160 g/mol. The Balaban J connectivity index is 2.19. The minimum atomic E-state index is 0.868. The van der Waals surface area contributed by atoms with E-state index in [-0.39, 0.29) is 0 Å². The van der Waals surface area contributed by atoms with Gasteiger partial charge in [-0.2, -0.15) is 0 Å². The van der Waals surface area contributed by atoms with Gasteiger partial charge in [0.2, 0.25) is 0 Å². The Morgan fingerprint density at radius 1 is 1.78 bits per heavy atom. The van der Waals surface area contributed by atoms with Crippen molar-refractivity contribution in [2.24, 2.45) is 0 Å². The van der Waals surface area contributed by atoms with Gasteiger partial charge in [0.05, 0.1) is 0 Å². The lowest BCUT2D eigenvalue weighted by Gasteiger charge is -2.04. The van der Waals surface area contributed by atoms with Gasteiger partial charge in [0.15, 0.2) is 0 Å².